The summed E-state index contributed by atoms with van der Waals surface area (Å²) in [5.74, 6) is 0. The van der Waals surface area contributed by atoms with E-state index in [1.807, 2.05) is 6.92 Å². The molecule has 0 unspecified atom stereocenters. The topological polar surface area (TPSA) is 64.3 Å². The van der Waals surface area contributed by atoms with Crippen LogP contribution >= 0.6 is 12.2 Å². The van der Waals surface area contributed by atoms with Crippen molar-refractivity contribution in [2.24, 2.45) is 5.73 Å². The standard InChI is InChI=1S/C9H18N2O2S/c1-5-6(7(10)14)11-8(12)13-9(2,3)4/h6H,5H2,1-4H3,(H2,10,14)(H,11,12)/t6-/m0/s1. The molecule has 1 amide bonds. The van der Waals surface area contributed by atoms with Gasteiger partial charge < -0.3 is 15.8 Å². The van der Waals surface area contributed by atoms with Crippen LogP contribution in [-0.2, 0) is 4.74 Å². The number of hydrogen-bond donors (Lipinski definition) is 2. The van der Waals surface area contributed by atoms with Crippen LogP contribution in [0.2, 0.25) is 0 Å². The van der Waals surface area contributed by atoms with Gasteiger partial charge in [-0.3, -0.25) is 0 Å². The summed E-state index contributed by atoms with van der Waals surface area (Å²) in [5.41, 5.74) is 4.92. The van der Waals surface area contributed by atoms with Crippen LogP contribution in [0.25, 0.3) is 0 Å². The predicted molar refractivity (Wildman–Crippen MR) is 60.2 cm³/mol. The zero-order valence-electron chi connectivity index (χ0n) is 9.09. The molecule has 0 saturated heterocycles. The Hall–Kier alpha value is -0.840. The summed E-state index contributed by atoms with van der Waals surface area (Å²) in [4.78, 5) is 11.6. The maximum atomic E-state index is 11.3. The lowest BCUT2D eigenvalue weighted by molar-refractivity contribution is 0.0517. The van der Waals surface area contributed by atoms with Crippen LogP contribution in [0.1, 0.15) is 34.1 Å². The van der Waals surface area contributed by atoms with Gasteiger partial charge in [0.25, 0.3) is 0 Å². The monoisotopic (exact) mass is 218 g/mol. The third kappa shape index (κ3) is 5.75. The molecule has 0 aromatic carbocycles. The molecule has 0 bridgehead atoms. The molecule has 0 aromatic rings. The Morgan fingerprint density at radius 2 is 2.07 bits per heavy atom. The van der Waals surface area contributed by atoms with Crippen molar-refractivity contribution in [3.05, 3.63) is 0 Å². The summed E-state index contributed by atoms with van der Waals surface area (Å²) in [5, 5.41) is 2.60. The lowest BCUT2D eigenvalue weighted by Crippen LogP contribution is -2.45. The van der Waals surface area contributed by atoms with E-state index in [2.05, 4.69) is 5.32 Å². The zero-order valence-corrected chi connectivity index (χ0v) is 9.90. The fourth-order valence-electron chi connectivity index (χ4n) is 0.824. The van der Waals surface area contributed by atoms with Crippen LogP contribution in [0.4, 0.5) is 4.79 Å². The second-order valence-electron chi connectivity index (χ2n) is 4.01. The van der Waals surface area contributed by atoms with Crippen LogP contribution in [0.3, 0.4) is 0 Å². The van der Waals surface area contributed by atoms with Crippen molar-refractivity contribution in [1.82, 2.24) is 5.32 Å². The SMILES string of the molecule is CC[C@H](NC(=O)OC(C)(C)C)C(N)=S. The van der Waals surface area contributed by atoms with Gasteiger partial charge in [-0.15, -0.1) is 0 Å². The first-order valence-corrected chi connectivity index (χ1v) is 4.96. The fraction of sp³-hybridized carbons (Fsp3) is 0.778. The van der Waals surface area contributed by atoms with Crippen molar-refractivity contribution in [3.63, 3.8) is 0 Å². The molecule has 14 heavy (non-hydrogen) atoms. The lowest BCUT2D eigenvalue weighted by Gasteiger charge is -2.22. The normalized spacial score (nSPS) is 13.1. The lowest BCUT2D eigenvalue weighted by atomic mass is 10.2. The van der Waals surface area contributed by atoms with Crippen LogP contribution in [0, 0.1) is 0 Å². The van der Waals surface area contributed by atoms with E-state index in [1.165, 1.54) is 0 Å². The van der Waals surface area contributed by atoms with Gasteiger partial charge in [-0.05, 0) is 27.2 Å². The van der Waals surface area contributed by atoms with E-state index in [4.69, 9.17) is 22.7 Å². The predicted octanol–water partition coefficient (Wildman–Crippen LogP) is 1.58. The van der Waals surface area contributed by atoms with Gasteiger partial charge in [-0.1, -0.05) is 19.1 Å². The van der Waals surface area contributed by atoms with Crippen molar-refractivity contribution >= 4 is 23.3 Å². The van der Waals surface area contributed by atoms with Crippen molar-refractivity contribution in [2.75, 3.05) is 0 Å². The van der Waals surface area contributed by atoms with Gasteiger partial charge in [0.05, 0.1) is 11.0 Å². The molecule has 0 rings (SSSR count). The van der Waals surface area contributed by atoms with E-state index in [-0.39, 0.29) is 11.0 Å². The van der Waals surface area contributed by atoms with Crippen molar-refractivity contribution in [3.8, 4) is 0 Å². The maximum Gasteiger partial charge on any atom is 0.408 e. The smallest absolute Gasteiger partial charge is 0.408 e. The third-order valence-corrected chi connectivity index (χ3v) is 1.73. The van der Waals surface area contributed by atoms with Crippen LogP contribution < -0.4 is 11.1 Å². The van der Waals surface area contributed by atoms with Gasteiger partial charge in [0, 0.05) is 0 Å². The van der Waals surface area contributed by atoms with Gasteiger partial charge in [-0.25, -0.2) is 4.79 Å². The van der Waals surface area contributed by atoms with Crippen molar-refractivity contribution < 1.29 is 9.53 Å². The number of ether oxygens (including phenoxy) is 1. The van der Waals surface area contributed by atoms with E-state index < -0.39 is 11.7 Å². The summed E-state index contributed by atoms with van der Waals surface area (Å²) in [6, 6.07) is -0.292. The molecule has 0 aliphatic rings. The Morgan fingerprint density at radius 3 is 2.36 bits per heavy atom. The molecule has 0 aliphatic heterocycles. The highest BCUT2D eigenvalue weighted by atomic mass is 32.1. The fourth-order valence-corrected chi connectivity index (χ4v) is 1.05. The number of nitrogens with two attached hydrogens (primary N) is 1. The first kappa shape index (κ1) is 13.2. The molecule has 0 aliphatic carbocycles. The van der Waals surface area contributed by atoms with E-state index in [0.717, 1.165) is 0 Å². The number of thiocarbonyl (C=S) groups is 1. The van der Waals surface area contributed by atoms with E-state index >= 15 is 0 Å². The molecular weight excluding hydrogens is 200 g/mol. The number of amides is 1. The third-order valence-electron chi connectivity index (χ3n) is 1.44. The number of carbonyl (C=O) groups excluding carboxylic acids is 1. The number of alkyl carbamates (subject to hydrolysis) is 1. The van der Waals surface area contributed by atoms with Crippen molar-refractivity contribution in [1.29, 1.82) is 0 Å². The summed E-state index contributed by atoms with van der Waals surface area (Å²) in [7, 11) is 0. The summed E-state index contributed by atoms with van der Waals surface area (Å²) < 4.78 is 5.05. The summed E-state index contributed by atoms with van der Waals surface area (Å²) >= 11 is 4.78. The number of hydrogen-bond acceptors (Lipinski definition) is 3. The van der Waals surface area contributed by atoms with Gasteiger partial charge in [0.1, 0.15) is 5.60 Å². The minimum Gasteiger partial charge on any atom is -0.444 e. The number of nitrogens with one attached hydrogen (secondary N) is 1. The quantitative estimate of drug-likeness (QED) is 0.706. The Kier molecular flexibility index (Phi) is 4.83. The Bertz CT molecular complexity index is 223. The molecule has 1 atom stereocenters. The van der Waals surface area contributed by atoms with Gasteiger partial charge in [0.15, 0.2) is 0 Å². The second kappa shape index (κ2) is 5.14. The molecule has 0 spiro atoms. The van der Waals surface area contributed by atoms with Crippen molar-refractivity contribution in [2.45, 2.75) is 45.8 Å². The minimum absolute atomic E-state index is 0.276. The highest BCUT2D eigenvalue weighted by Crippen LogP contribution is 2.07. The Balaban J connectivity index is 4.11. The van der Waals surface area contributed by atoms with Gasteiger partial charge >= 0.3 is 6.09 Å². The molecule has 3 N–H and O–H groups in total. The molecule has 4 nitrogen and oxygen atoms in total. The first-order valence-electron chi connectivity index (χ1n) is 4.55. The number of carbonyl (C=O) groups is 1. The molecule has 82 valence electrons. The molecular formula is C9H18N2O2S. The Labute approximate surface area is 90.2 Å². The molecule has 0 fully saturated rings. The highest BCUT2D eigenvalue weighted by Gasteiger charge is 2.19. The Morgan fingerprint density at radius 1 is 1.57 bits per heavy atom. The zero-order chi connectivity index (χ0) is 11.4. The minimum atomic E-state index is -0.501. The summed E-state index contributed by atoms with van der Waals surface area (Å²) in [6.45, 7) is 7.29. The average molecular weight is 218 g/mol. The number of rotatable bonds is 3. The van der Waals surface area contributed by atoms with Gasteiger partial charge in [0.2, 0.25) is 0 Å². The van der Waals surface area contributed by atoms with E-state index in [0.29, 0.717) is 6.42 Å². The highest BCUT2D eigenvalue weighted by molar-refractivity contribution is 7.80. The molecule has 0 heterocycles. The molecule has 0 aromatic heterocycles. The molecule has 0 radical (unpaired) electrons. The molecule has 5 heteroatoms. The second-order valence-corrected chi connectivity index (χ2v) is 4.48. The maximum absolute atomic E-state index is 11.3. The van der Waals surface area contributed by atoms with Crippen LogP contribution in [0.15, 0.2) is 0 Å². The van der Waals surface area contributed by atoms with Crippen LogP contribution in [-0.4, -0.2) is 22.7 Å². The first-order chi connectivity index (χ1) is 6.26. The average Bonchev–Trinajstić information content (AvgIpc) is 1.96. The summed E-state index contributed by atoms with van der Waals surface area (Å²) in [6.07, 6.45) is 0.173. The largest absolute Gasteiger partial charge is 0.444 e. The van der Waals surface area contributed by atoms with E-state index in [1.54, 1.807) is 20.8 Å². The van der Waals surface area contributed by atoms with Crippen LogP contribution in [0.5, 0.6) is 0 Å². The van der Waals surface area contributed by atoms with Gasteiger partial charge in [-0.2, -0.15) is 0 Å². The molecule has 0 saturated carbocycles. The van der Waals surface area contributed by atoms with E-state index in [9.17, 15) is 4.79 Å².